The van der Waals surface area contributed by atoms with Crippen molar-refractivity contribution in [2.24, 2.45) is 11.8 Å². The molecule has 1 N–H and O–H groups in total. The van der Waals surface area contributed by atoms with Gasteiger partial charge in [0.25, 0.3) is 0 Å². The van der Waals surface area contributed by atoms with E-state index in [0.717, 1.165) is 19.6 Å². The van der Waals surface area contributed by atoms with Gasteiger partial charge in [0.2, 0.25) is 0 Å². The largest absolute Gasteiger partial charge is 0.465 e. The number of carboxylic acid groups (broad SMARTS) is 1. The summed E-state index contributed by atoms with van der Waals surface area (Å²) < 4.78 is 5.34. The average molecular weight is 171 g/mol. The van der Waals surface area contributed by atoms with Gasteiger partial charge in [-0.15, -0.1) is 0 Å². The number of fused-ring (bicyclic) bond motifs is 2. The van der Waals surface area contributed by atoms with Crippen molar-refractivity contribution in [2.45, 2.75) is 6.42 Å². The Hall–Kier alpha value is -0.770. The Morgan fingerprint density at radius 2 is 1.92 bits per heavy atom. The van der Waals surface area contributed by atoms with Gasteiger partial charge >= 0.3 is 6.09 Å². The first kappa shape index (κ1) is 7.86. The first-order valence-electron chi connectivity index (χ1n) is 4.31. The van der Waals surface area contributed by atoms with Crippen molar-refractivity contribution >= 4 is 6.09 Å². The fraction of sp³-hybridized carbons (Fsp3) is 0.875. The van der Waals surface area contributed by atoms with Crippen molar-refractivity contribution in [3.05, 3.63) is 0 Å². The standard InChI is InChI=1S/C8H13NO3/c10-8(11)9-2-6-1-7(3-9)5-12-4-6/h6-7H,1-5H2,(H,10,11). The zero-order chi connectivity index (χ0) is 8.55. The monoisotopic (exact) mass is 171 g/mol. The molecule has 2 rings (SSSR count). The summed E-state index contributed by atoms with van der Waals surface area (Å²) in [5.74, 6) is 0.877. The topological polar surface area (TPSA) is 49.8 Å². The number of ether oxygens (including phenoxy) is 1. The van der Waals surface area contributed by atoms with Crippen molar-refractivity contribution < 1.29 is 14.6 Å². The number of hydrogen-bond donors (Lipinski definition) is 1. The summed E-state index contributed by atoms with van der Waals surface area (Å²) in [6, 6.07) is 0. The molecule has 2 unspecified atom stereocenters. The maximum absolute atomic E-state index is 10.7. The van der Waals surface area contributed by atoms with Gasteiger partial charge in [-0.2, -0.15) is 0 Å². The molecular formula is C8H13NO3. The van der Waals surface area contributed by atoms with Gasteiger partial charge in [0.15, 0.2) is 0 Å². The summed E-state index contributed by atoms with van der Waals surface area (Å²) in [6.45, 7) is 2.79. The number of likely N-dealkylation sites (tertiary alicyclic amines) is 1. The van der Waals surface area contributed by atoms with E-state index >= 15 is 0 Å². The van der Waals surface area contributed by atoms with Crippen LogP contribution in [0.3, 0.4) is 0 Å². The molecule has 4 nitrogen and oxygen atoms in total. The highest BCUT2D eigenvalue weighted by atomic mass is 16.5. The molecule has 0 aromatic rings. The van der Waals surface area contributed by atoms with Crippen LogP contribution in [-0.2, 0) is 4.74 Å². The van der Waals surface area contributed by atoms with E-state index in [1.54, 1.807) is 0 Å². The lowest BCUT2D eigenvalue weighted by molar-refractivity contribution is -0.0346. The van der Waals surface area contributed by atoms with E-state index in [1.165, 1.54) is 4.90 Å². The van der Waals surface area contributed by atoms with Crippen molar-refractivity contribution in [2.75, 3.05) is 26.3 Å². The van der Waals surface area contributed by atoms with Crippen molar-refractivity contribution in [1.82, 2.24) is 4.90 Å². The smallest absolute Gasteiger partial charge is 0.407 e. The molecule has 2 aliphatic heterocycles. The normalized spacial score (nSPS) is 34.8. The maximum atomic E-state index is 10.7. The molecule has 0 spiro atoms. The minimum Gasteiger partial charge on any atom is -0.465 e. The lowest BCUT2D eigenvalue weighted by atomic mass is 9.88. The molecule has 4 heteroatoms. The molecule has 1 amide bonds. The molecule has 2 aliphatic rings. The Morgan fingerprint density at radius 3 is 2.42 bits per heavy atom. The fourth-order valence-corrected chi connectivity index (χ4v) is 2.12. The van der Waals surface area contributed by atoms with Gasteiger partial charge < -0.3 is 14.7 Å². The van der Waals surface area contributed by atoms with Crippen LogP contribution in [0.5, 0.6) is 0 Å². The Bertz CT molecular complexity index is 183. The molecule has 68 valence electrons. The highest BCUT2D eigenvalue weighted by molar-refractivity contribution is 5.65. The number of carbonyl (C=O) groups is 1. The van der Waals surface area contributed by atoms with Crippen molar-refractivity contribution in [1.29, 1.82) is 0 Å². The third-order valence-electron chi connectivity index (χ3n) is 2.60. The van der Waals surface area contributed by atoms with Gasteiger partial charge in [-0.1, -0.05) is 0 Å². The number of amides is 1. The molecule has 0 aliphatic carbocycles. The molecule has 2 saturated heterocycles. The molecule has 2 fully saturated rings. The lowest BCUT2D eigenvalue weighted by Gasteiger charge is -2.39. The maximum Gasteiger partial charge on any atom is 0.407 e. The number of hydrogen-bond acceptors (Lipinski definition) is 2. The minimum absolute atomic E-state index is 0.439. The fourth-order valence-electron chi connectivity index (χ4n) is 2.12. The van der Waals surface area contributed by atoms with Gasteiger partial charge in [-0.25, -0.2) is 4.79 Å². The van der Waals surface area contributed by atoms with Crippen LogP contribution in [0.15, 0.2) is 0 Å². The van der Waals surface area contributed by atoms with E-state index in [4.69, 9.17) is 9.84 Å². The molecule has 2 heterocycles. The van der Waals surface area contributed by atoms with Crippen LogP contribution < -0.4 is 0 Å². The molecule has 0 saturated carbocycles. The average Bonchev–Trinajstić information content (AvgIpc) is 2.03. The van der Waals surface area contributed by atoms with E-state index < -0.39 is 6.09 Å². The Labute approximate surface area is 71.1 Å². The van der Waals surface area contributed by atoms with Crippen LogP contribution in [0.2, 0.25) is 0 Å². The molecule has 0 radical (unpaired) electrons. The van der Waals surface area contributed by atoms with Crippen LogP contribution in [-0.4, -0.2) is 42.4 Å². The van der Waals surface area contributed by atoms with Crippen molar-refractivity contribution in [3.8, 4) is 0 Å². The van der Waals surface area contributed by atoms with Gasteiger partial charge in [0, 0.05) is 24.9 Å². The molecular weight excluding hydrogens is 158 g/mol. The molecule has 2 atom stereocenters. The molecule has 0 aromatic heterocycles. The quantitative estimate of drug-likeness (QED) is 0.581. The van der Waals surface area contributed by atoms with Crippen LogP contribution in [0.1, 0.15) is 6.42 Å². The molecule has 12 heavy (non-hydrogen) atoms. The van der Waals surface area contributed by atoms with Gasteiger partial charge in [-0.3, -0.25) is 0 Å². The number of rotatable bonds is 0. The third kappa shape index (κ3) is 1.39. The van der Waals surface area contributed by atoms with E-state index in [0.29, 0.717) is 24.9 Å². The summed E-state index contributed by atoms with van der Waals surface area (Å²) in [5.41, 5.74) is 0. The minimum atomic E-state index is -0.786. The van der Waals surface area contributed by atoms with Crippen LogP contribution in [0.25, 0.3) is 0 Å². The highest BCUT2D eigenvalue weighted by Gasteiger charge is 2.32. The second-order valence-corrected chi connectivity index (χ2v) is 3.69. The zero-order valence-electron chi connectivity index (χ0n) is 6.90. The molecule has 2 bridgehead atoms. The van der Waals surface area contributed by atoms with E-state index in [9.17, 15) is 4.79 Å². The molecule has 0 aromatic carbocycles. The van der Waals surface area contributed by atoms with E-state index in [1.807, 2.05) is 0 Å². The van der Waals surface area contributed by atoms with Gasteiger partial charge in [-0.05, 0) is 6.42 Å². The summed E-state index contributed by atoms with van der Waals surface area (Å²) in [5, 5.41) is 8.78. The predicted molar refractivity (Wildman–Crippen MR) is 42.0 cm³/mol. The lowest BCUT2D eigenvalue weighted by Crippen LogP contribution is -2.48. The van der Waals surface area contributed by atoms with Crippen LogP contribution >= 0.6 is 0 Å². The Kier molecular flexibility index (Phi) is 1.92. The SMILES string of the molecule is O=C(O)N1CC2COCC(C2)C1. The highest BCUT2D eigenvalue weighted by Crippen LogP contribution is 2.26. The summed E-state index contributed by atoms with van der Waals surface area (Å²) in [7, 11) is 0. The summed E-state index contributed by atoms with van der Waals surface area (Å²) in [4.78, 5) is 12.2. The Balaban J connectivity index is 2.00. The second-order valence-electron chi connectivity index (χ2n) is 3.69. The van der Waals surface area contributed by atoms with Gasteiger partial charge in [0.05, 0.1) is 13.2 Å². The van der Waals surface area contributed by atoms with E-state index in [-0.39, 0.29) is 0 Å². The summed E-state index contributed by atoms with van der Waals surface area (Å²) in [6.07, 6.45) is 0.357. The first-order chi connectivity index (χ1) is 5.75. The van der Waals surface area contributed by atoms with Crippen LogP contribution in [0.4, 0.5) is 4.79 Å². The van der Waals surface area contributed by atoms with Crippen molar-refractivity contribution in [3.63, 3.8) is 0 Å². The van der Waals surface area contributed by atoms with Gasteiger partial charge in [0.1, 0.15) is 0 Å². The second kappa shape index (κ2) is 2.94. The third-order valence-corrected chi connectivity index (χ3v) is 2.60. The van der Waals surface area contributed by atoms with Crippen LogP contribution in [0, 0.1) is 11.8 Å². The number of piperidine rings is 1. The summed E-state index contributed by atoms with van der Waals surface area (Å²) >= 11 is 0. The predicted octanol–water partition coefficient (Wildman–Crippen LogP) is 0.633. The first-order valence-corrected chi connectivity index (χ1v) is 4.31. The zero-order valence-corrected chi connectivity index (χ0v) is 6.90. The number of nitrogens with zero attached hydrogens (tertiary/aromatic N) is 1. The Morgan fingerprint density at radius 1 is 1.33 bits per heavy atom. The van der Waals surface area contributed by atoms with E-state index in [2.05, 4.69) is 0 Å².